The standard InChI is InChI=1S/C15H19N5O3/c1-10-14(11(2)19-18-10)9-17-15(21)16-7-6-12-4-3-5-13(8-12)20(22)23/h3-5,8H,6-7,9H2,1-2H3,(H,18,19)(H2,16,17,21). The van der Waals surface area contributed by atoms with Crippen molar-refractivity contribution in [2.45, 2.75) is 26.8 Å². The number of hydrogen-bond acceptors (Lipinski definition) is 4. The number of rotatable bonds is 6. The van der Waals surface area contributed by atoms with Gasteiger partial charge in [-0.15, -0.1) is 0 Å². The highest BCUT2D eigenvalue weighted by molar-refractivity contribution is 5.73. The average molecular weight is 317 g/mol. The van der Waals surface area contributed by atoms with Crippen molar-refractivity contribution < 1.29 is 9.72 Å². The molecule has 0 atom stereocenters. The fourth-order valence-electron chi connectivity index (χ4n) is 2.21. The first-order valence-electron chi connectivity index (χ1n) is 7.23. The van der Waals surface area contributed by atoms with E-state index in [1.54, 1.807) is 12.1 Å². The minimum atomic E-state index is -0.431. The number of aromatic nitrogens is 2. The first-order valence-corrected chi connectivity index (χ1v) is 7.23. The van der Waals surface area contributed by atoms with Gasteiger partial charge in [0.2, 0.25) is 0 Å². The molecule has 8 heteroatoms. The molecule has 0 unspecified atom stereocenters. The molecule has 0 spiro atoms. The Morgan fingerprint density at radius 1 is 1.35 bits per heavy atom. The number of urea groups is 1. The number of aromatic amines is 1. The number of amides is 2. The Kier molecular flexibility index (Phi) is 5.29. The van der Waals surface area contributed by atoms with Crippen LogP contribution in [0.15, 0.2) is 24.3 Å². The molecule has 0 saturated heterocycles. The van der Waals surface area contributed by atoms with Crippen LogP contribution in [0.4, 0.5) is 10.5 Å². The molecule has 8 nitrogen and oxygen atoms in total. The minimum absolute atomic E-state index is 0.0536. The molecular weight excluding hydrogens is 298 g/mol. The summed E-state index contributed by atoms with van der Waals surface area (Å²) in [7, 11) is 0. The van der Waals surface area contributed by atoms with Gasteiger partial charge in [0, 0.05) is 36.5 Å². The molecule has 0 fully saturated rings. The van der Waals surface area contributed by atoms with Crippen LogP contribution in [0.5, 0.6) is 0 Å². The Bertz CT molecular complexity index is 691. The van der Waals surface area contributed by atoms with Crippen molar-refractivity contribution in [2.75, 3.05) is 6.54 Å². The van der Waals surface area contributed by atoms with Crippen LogP contribution in [0, 0.1) is 24.0 Å². The van der Waals surface area contributed by atoms with Crippen LogP contribution < -0.4 is 10.6 Å². The highest BCUT2D eigenvalue weighted by Gasteiger charge is 2.08. The molecule has 2 rings (SSSR count). The first-order chi connectivity index (χ1) is 11.0. The second-order valence-corrected chi connectivity index (χ2v) is 5.20. The molecule has 1 heterocycles. The van der Waals surface area contributed by atoms with E-state index in [9.17, 15) is 14.9 Å². The van der Waals surface area contributed by atoms with E-state index >= 15 is 0 Å². The van der Waals surface area contributed by atoms with Gasteiger partial charge in [0.1, 0.15) is 0 Å². The van der Waals surface area contributed by atoms with Gasteiger partial charge >= 0.3 is 6.03 Å². The number of carbonyl (C=O) groups excluding carboxylic acids is 1. The van der Waals surface area contributed by atoms with Gasteiger partial charge in [-0.25, -0.2) is 4.79 Å². The van der Waals surface area contributed by atoms with Crippen LogP contribution in [0.1, 0.15) is 22.5 Å². The maximum absolute atomic E-state index is 11.8. The third-order valence-electron chi connectivity index (χ3n) is 3.53. The summed E-state index contributed by atoms with van der Waals surface area (Å²) in [4.78, 5) is 22.0. The van der Waals surface area contributed by atoms with E-state index in [4.69, 9.17) is 0 Å². The summed E-state index contributed by atoms with van der Waals surface area (Å²) in [6.07, 6.45) is 0.527. The van der Waals surface area contributed by atoms with Crippen LogP contribution in [0.25, 0.3) is 0 Å². The highest BCUT2D eigenvalue weighted by Crippen LogP contribution is 2.13. The smallest absolute Gasteiger partial charge is 0.315 e. The van der Waals surface area contributed by atoms with Crippen LogP contribution in [-0.2, 0) is 13.0 Å². The number of carbonyl (C=O) groups is 1. The molecule has 0 aliphatic carbocycles. The van der Waals surface area contributed by atoms with E-state index in [-0.39, 0.29) is 11.7 Å². The lowest BCUT2D eigenvalue weighted by Crippen LogP contribution is -2.36. The Morgan fingerprint density at radius 3 is 2.78 bits per heavy atom. The van der Waals surface area contributed by atoms with Crippen LogP contribution in [0.2, 0.25) is 0 Å². The number of nitro groups is 1. The number of non-ortho nitro benzene ring substituents is 1. The Balaban J connectivity index is 1.77. The fourth-order valence-corrected chi connectivity index (χ4v) is 2.21. The number of nitrogens with one attached hydrogen (secondary N) is 3. The van der Waals surface area contributed by atoms with Crippen molar-refractivity contribution in [3.05, 3.63) is 56.9 Å². The first kappa shape index (κ1) is 16.5. The van der Waals surface area contributed by atoms with E-state index in [1.807, 2.05) is 13.8 Å². The molecule has 1 aromatic heterocycles. The van der Waals surface area contributed by atoms with Crippen LogP contribution in [-0.4, -0.2) is 27.7 Å². The molecule has 0 aliphatic rings. The summed E-state index contributed by atoms with van der Waals surface area (Å²) < 4.78 is 0. The molecule has 23 heavy (non-hydrogen) atoms. The van der Waals surface area contributed by atoms with E-state index in [2.05, 4.69) is 20.8 Å². The third-order valence-corrected chi connectivity index (χ3v) is 3.53. The lowest BCUT2D eigenvalue weighted by molar-refractivity contribution is -0.384. The number of aryl methyl sites for hydroxylation is 2. The van der Waals surface area contributed by atoms with Crippen molar-refractivity contribution in [2.24, 2.45) is 0 Å². The van der Waals surface area contributed by atoms with E-state index < -0.39 is 4.92 Å². The van der Waals surface area contributed by atoms with Gasteiger partial charge in [0.05, 0.1) is 10.6 Å². The van der Waals surface area contributed by atoms with Crippen molar-refractivity contribution in [3.8, 4) is 0 Å². The second kappa shape index (κ2) is 7.39. The lowest BCUT2D eigenvalue weighted by Gasteiger charge is -2.08. The van der Waals surface area contributed by atoms with Gasteiger partial charge in [-0.3, -0.25) is 15.2 Å². The number of nitrogens with zero attached hydrogens (tertiary/aromatic N) is 2. The Labute approximate surface area is 133 Å². The van der Waals surface area contributed by atoms with Gasteiger partial charge < -0.3 is 10.6 Å². The van der Waals surface area contributed by atoms with E-state index in [0.29, 0.717) is 19.5 Å². The quantitative estimate of drug-likeness (QED) is 0.558. The zero-order chi connectivity index (χ0) is 16.8. The normalized spacial score (nSPS) is 10.3. The predicted molar refractivity (Wildman–Crippen MR) is 85.1 cm³/mol. The van der Waals surface area contributed by atoms with Crippen molar-refractivity contribution in [3.63, 3.8) is 0 Å². The largest absolute Gasteiger partial charge is 0.338 e. The molecule has 0 bridgehead atoms. The zero-order valence-corrected chi connectivity index (χ0v) is 13.0. The van der Waals surface area contributed by atoms with E-state index in [0.717, 1.165) is 22.5 Å². The van der Waals surface area contributed by atoms with Gasteiger partial charge in [0.15, 0.2) is 0 Å². The van der Waals surface area contributed by atoms with Gasteiger partial charge in [-0.05, 0) is 25.8 Å². The summed E-state index contributed by atoms with van der Waals surface area (Å²) in [6.45, 7) is 4.57. The lowest BCUT2D eigenvalue weighted by atomic mass is 10.1. The molecule has 3 N–H and O–H groups in total. The van der Waals surface area contributed by atoms with E-state index in [1.165, 1.54) is 12.1 Å². The maximum atomic E-state index is 11.8. The monoisotopic (exact) mass is 317 g/mol. The van der Waals surface area contributed by atoms with Crippen LogP contribution >= 0.6 is 0 Å². The summed E-state index contributed by atoms with van der Waals surface area (Å²) in [5.74, 6) is 0. The van der Waals surface area contributed by atoms with Gasteiger partial charge in [0.25, 0.3) is 5.69 Å². The second-order valence-electron chi connectivity index (χ2n) is 5.20. The molecule has 0 radical (unpaired) electrons. The Hall–Kier alpha value is -2.90. The SMILES string of the molecule is Cc1n[nH]c(C)c1CNC(=O)NCCc1cccc([N+](=O)[O-])c1. The molecular formula is C15H19N5O3. The minimum Gasteiger partial charge on any atom is -0.338 e. The Morgan fingerprint density at radius 2 is 2.13 bits per heavy atom. The highest BCUT2D eigenvalue weighted by atomic mass is 16.6. The molecule has 122 valence electrons. The molecule has 0 saturated carbocycles. The van der Waals surface area contributed by atoms with Crippen LogP contribution in [0.3, 0.4) is 0 Å². The van der Waals surface area contributed by atoms with Gasteiger partial charge in [-0.1, -0.05) is 12.1 Å². The predicted octanol–water partition coefficient (Wildman–Crippen LogP) is 1.98. The molecule has 1 aromatic carbocycles. The number of benzene rings is 1. The summed E-state index contributed by atoms with van der Waals surface area (Å²) in [6, 6.07) is 6.11. The van der Waals surface area contributed by atoms with Crippen molar-refractivity contribution in [1.29, 1.82) is 0 Å². The van der Waals surface area contributed by atoms with Crippen molar-refractivity contribution in [1.82, 2.24) is 20.8 Å². The zero-order valence-electron chi connectivity index (χ0n) is 13.0. The number of H-pyrrole nitrogens is 1. The molecule has 2 aromatic rings. The topological polar surface area (TPSA) is 113 Å². The fraction of sp³-hybridized carbons (Fsp3) is 0.333. The van der Waals surface area contributed by atoms with Crippen molar-refractivity contribution >= 4 is 11.7 Å². The summed E-state index contributed by atoms with van der Waals surface area (Å²) >= 11 is 0. The number of nitro benzene ring substituents is 1. The average Bonchev–Trinajstić information content (AvgIpc) is 2.84. The summed E-state index contributed by atoms with van der Waals surface area (Å²) in [5.41, 5.74) is 3.62. The van der Waals surface area contributed by atoms with Gasteiger partial charge in [-0.2, -0.15) is 5.10 Å². The molecule has 0 aliphatic heterocycles. The third kappa shape index (κ3) is 4.53. The molecule has 2 amide bonds. The summed E-state index contributed by atoms with van der Waals surface area (Å²) in [5, 5.41) is 23.1. The number of hydrogen-bond donors (Lipinski definition) is 3. The maximum Gasteiger partial charge on any atom is 0.315 e.